The number of carbonyl (C=O) groups is 2. The predicted octanol–water partition coefficient (Wildman–Crippen LogP) is 7.76. The molecule has 0 aliphatic carbocycles. The second kappa shape index (κ2) is 11.8. The van der Waals surface area contributed by atoms with Crippen molar-refractivity contribution in [1.82, 2.24) is 5.32 Å². The van der Waals surface area contributed by atoms with E-state index in [0.29, 0.717) is 5.75 Å². The number of amides is 1. The number of fused-ring (bicyclic) bond motifs is 3. The van der Waals surface area contributed by atoms with E-state index in [1.165, 1.54) is 7.11 Å². The van der Waals surface area contributed by atoms with Crippen molar-refractivity contribution in [2.75, 3.05) is 13.7 Å². The van der Waals surface area contributed by atoms with E-state index in [4.69, 9.17) is 18.6 Å². The van der Waals surface area contributed by atoms with Gasteiger partial charge in [-0.05, 0) is 61.7 Å². The van der Waals surface area contributed by atoms with Gasteiger partial charge in [-0.2, -0.15) is 0 Å². The molecule has 0 saturated carbocycles. The van der Waals surface area contributed by atoms with Crippen molar-refractivity contribution in [2.45, 2.75) is 38.8 Å². The van der Waals surface area contributed by atoms with Crippen LogP contribution in [0, 0.1) is 0 Å². The normalized spacial score (nSPS) is 12.2. The van der Waals surface area contributed by atoms with Gasteiger partial charge in [0, 0.05) is 22.8 Å². The zero-order valence-corrected chi connectivity index (χ0v) is 23.6. The Morgan fingerprint density at radius 2 is 1.54 bits per heavy atom. The standard InChI is InChI=1S/C34H33NO6/c1-34(2,3)41-33(37)35-29(32(36)38-4)19-20-39-25-17-15-22(16-18-25)23-9-7-10-24(21-23)26-12-8-13-28-27-11-5-6-14-30(27)40-31(26)28/h5-18,21,29H,19-20H2,1-4H3,(H,35,37)/t29-/m0/s1. The minimum absolute atomic E-state index is 0.200. The largest absolute Gasteiger partial charge is 0.494 e. The van der Waals surface area contributed by atoms with E-state index in [9.17, 15) is 9.59 Å². The molecule has 1 heterocycles. The summed E-state index contributed by atoms with van der Waals surface area (Å²) >= 11 is 0. The molecule has 0 aliphatic rings. The summed E-state index contributed by atoms with van der Waals surface area (Å²) in [6, 6.07) is 29.5. The number of para-hydroxylation sites is 2. The van der Waals surface area contributed by atoms with E-state index in [1.54, 1.807) is 20.8 Å². The fourth-order valence-corrected chi connectivity index (χ4v) is 4.72. The molecule has 4 aromatic carbocycles. The smallest absolute Gasteiger partial charge is 0.408 e. The minimum atomic E-state index is -0.881. The average Bonchev–Trinajstić information content (AvgIpc) is 3.35. The molecule has 7 heteroatoms. The summed E-state index contributed by atoms with van der Waals surface area (Å²) in [5.41, 5.74) is 5.29. The first-order valence-electron chi connectivity index (χ1n) is 13.5. The summed E-state index contributed by atoms with van der Waals surface area (Å²) in [5, 5.41) is 4.76. The van der Waals surface area contributed by atoms with Crippen LogP contribution in [0.15, 0.2) is 95.4 Å². The Labute approximate surface area is 239 Å². The van der Waals surface area contributed by atoms with Gasteiger partial charge in [0.2, 0.25) is 0 Å². The molecule has 0 bridgehead atoms. The van der Waals surface area contributed by atoms with E-state index in [1.807, 2.05) is 48.5 Å². The summed E-state index contributed by atoms with van der Waals surface area (Å²) < 4.78 is 22.2. The fraction of sp³-hybridized carbons (Fsp3) is 0.235. The summed E-state index contributed by atoms with van der Waals surface area (Å²) in [6.45, 7) is 5.46. The van der Waals surface area contributed by atoms with Crippen LogP contribution in [-0.2, 0) is 14.3 Å². The Bertz CT molecular complexity index is 1680. The summed E-state index contributed by atoms with van der Waals surface area (Å²) in [6.07, 6.45) is -0.459. The van der Waals surface area contributed by atoms with Crippen LogP contribution in [0.4, 0.5) is 4.79 Å². The lowest BCUT2D eigenvalue weighted by molar-refractivity contribution is -0.143. The number of furan rings is 1. The van der Waals surface area contributed by atoms with Gasteiger partial charge in [0.05, 0.1) is 13.7 Å². The molecule has 0 saturated heterocycles. The quantitative estimate of drug-likeness (QED) is 0.198. The van der Waals surface area contributed by atoms with Gasteiger partial charge in [0.15, 0.2) is 0 Å². The van der Waals surface area contributed by atoms with Gasteiger partial charge in [-0.3, -0.25) is 0 Å². The van der Waals surface area contributed by atoms with Crippen LogP contribution < -0.4 is 10.1 Å². The zero-order valence-electron chi connectivity index (χ0n) is 23.6. The molecular formula is C34H33NO6. The molecule has 0 spiro atoms. The van der Waals surface area contributed by atoms with Crippen molar-refractivity contribution >= 4 is 34.0 Å². The average molecular weight is 552 g/mol. The maximum Gasteiger partial charge on any atom is 0.408 e. The Hall–Kier alpha value is -4.78. The van der Waals surface area contributed by atoms with Gasteiger partial charge in [-0.15, -0.1) is 0 Å². The van der Waals surface area contributed by atoms with E-state index in [0.717, 1.165) is 44.2 Å². The number of carbonyl (C=O) groups excluding carboxylic acids is 2. The van der Waals surface area contributed by atoms with Gasteiger partial charge < -0.3 is 23.9 Å². The molecule has 5 rings (SSSR count). The lowest BCUT2D eigenvalue weighted by Gasteiger charge is -2.22. The summed E-state index contributed by atoms with van der Waals surface area (Å²) in [7, 11) is 1.28. The van der Waals surface area contributed by atoms with Crippen LogP contribution >= 0.6 is 0 Å². The Morgan fingerprint density at radius 3 is 2.29 bits per heavy atom. The van der Waals surface area contributed by atoms with Crippen LogP contribution in [-0.4, -0.2) is 37.4 Å². The number of hydrogen-bond acceptors (Lipinski definition) is 6. The first-order valence-corrected chi connectivity index (χ1v) is 13.5. The molecule has 5 aromatic rings. The second-order valence-corrected chi connectivity index (χ2v) is 10.7. The first kappa shape index (κ1) is 27.8. The molecule has 210 valence electrons. The van der Waals surface area contributed by atoms with Gasteiger partial charge in [-0.1, -0.05) is 66.7 Å². The molecule has 0 radical (unpaired) electrons. The number of benzene rings is 4. The van der Waals surface area contributed by atoms with Gasteiger partial charge in [0.1, 0.15) is 28.6 Å². The van der Waals surface area contributed by atoms with E-state index >= 15 is 0 Å². The number of rotatable bonds is 8. The highest BCUT2D eigenvalue weighted by molar-refractivity contribution is 6.09. The number of methoxy groups -OCH3 is 1. The Balaban J connectivity index is 1.27. The maximum absolute atomic E-state index is 12.2. The van der Waals surface area contributed by atoms with Gasteiger partial charge in [-0.25, -0.2) is 9.59 Å². The second-order valence-electron chi connectivity index (χ2n) is 10.7. The van der Waals surface area contributed by atoms with Gasteiger partial charge in [0.25, 0.3) is 0 Å². The molecule has 1 N–H and O–H groups in total. The third kappa shape index (κ3) is 6.52. The topological polar surface area (TPSA) is 87.0 Å². The molecule has 41 heavy (non-hydrogen) atoms. The highest BCUT2D eigenvalue weighted by Crippen LogP contribution is 2.37. The fourth-order valence-electron chi connectivity index (χ4n) is 4.72. The molecule has 1 atom stereocenters. The monoisotopic (exact) mass is 551 g/mol. The number of ether oxygens (including phenoxy) is 3. The van der Waals surface area contributed by atoms with Crippen molar-refractivity contribution < 1.29 is 28.2 Å². The van der Waals surface area contributed by atoms with Crippen LogP contribution in [0.2, 0.25) is 0 Å². The molecule has 0 fully saturated rings. The van der Waals surface area contributed by atoms with Crippen LogP contribution in [0.5, 0.6) is 5.75 Å². The molecule has 1 amide bonds. The minimum Gasteiger partial charge on any atom is -0.494 e. The van der Waals surface area contributed by atoms with Crippen LogP contribution in [0.3, 0.4) is 0 Å². The Kier molecular flexibility index (Phi) is 7.97. The summed E-state index contributed by atoms with van der Waals surface area (Å²) in [5.74, 6) is 0.0888. The number of alkyl carbamates (subject to hydrolysis) is 1. The lowest BCUT2D eigenvalue weighted by atomic mass is 9.97. The van der Waals surface area contributed by atoms with Crippen molar-refractivity contribution in [1.29, 1.82) is 0 Å². The number of hydrogen-bond donors (Lipinski definition) is 1. The van der Waals surface area contributed by atoms with Crippen LogP contribution in [0.25, 0.3) is 44.2 Å². The van der Waals surface area contributed by atoms with Crippen molar-refractivity contribution in [3.05, 3.63) is 91.0 Å². The molecule has 7 nitrogen and oxygen atoms in total. The van der Waals surface area contributed by atoms with Gasteiger partial charge >= 0.3 is 12.1 Å². The molecule has 0 unspecified atom stereocenters. The third-order valence-corrected chi connectivity index (χ3v) is 6.62. The van der Waals surface area contributed by atoms with E-state index in [-0.39, 0.29) is 13.0 Å². The molecule has 0 aliphatic heterocycles. The highest BCUT2D eigenvalue weighted by atomic mass is 16.6. The number of esters is 1. The van der Waals surface area contributed by atoms with Crippen molar-refractivity contribution in [2.24, 2.45) is 0 Å². The first-order chi connectivity index (χ1) is 19.7. The van der Waals surface area contributed by atoms with Crippen LogP contribution in [0.1, 0.15) is 27.2 Å². The lowest BCUT2D eigenvalue weighted by Crippen LogP contribution is -2.44. The molecular weight excluding hydrogens is 518 g/mol. The zero-order chi connectivity index (χ0) is 29.0. The maximum atomic E-state index is 12.2. The van der Waals surface area contributed by atoms with Crippen molar-refractivity contribution in [3.8, 4) is 28.0 Å². The molecule has 1 aromatic heterocycles. The predicted molar refractivity (Wildman–Crippen MR) is 160 cm³/mol. The summed E-state index contributed by atoms with van der Waals surface area (Å²) in [4.78, 5) is 24.3. The van der Waals surface area contributed by atoms with E-state index in [2.05, 4.69) is 47.8 Å². The van der Waals surface area contributed by atoms with E-state index < -0.39 is 23.7 Å². The number of nitrogens with one attached hydrogen (secondary N) is 1. The Morgan fingerprint density at radius 1 is 0.829 bits per heavy atom. The van der Waals surface area contributed by atoms with Crippen molar-refractivity contribution in [3.63, 3.8) is 0 Å². The highest BCUT2D eigenvalue weighted by Gasteiger charge is 2.25. The SMILES string of the molecule is COC(=O)[C@H](CCOc1ccc(-c2cccc(-c3cccc4c3oc3ccccc34)c2)cc1)NC(=O)OC(C)(C)C. The third-order valence-electron chi connectivity index (χ3n) is 6.62.